The van der Waals surface area contributed by atoms with Crippen LogP contribution in [-0.2, 0) is 12.7 Å². The van der Waals surface area contributed by atoms with Gasteiger partial charge in [-0.1, -0.05) is 68.1 Å². The lowest BCUT2D eigenvalue weighted by Gasteiger charge is -2.10. The van der Waals surface area contributed by atoms with Crippen molar-refractivity contribution < 1.29 is 9.90 Å². The van der Waals surface area contributed by atoms with Crippen LogP contribution >= 0.6 is 0 Å². The third-order valence-electron chi connectivity index (χ3n) is 6.32. The van der Waals surface area contributed by atoms with Crippen molar-refractivity contribution in [2.75, 3.05) is 0 Å². The molecule has 0 radical (unpaired) electrons. The minimum atomic E-state index is -1.64. The largest absolute Gasteiger partial charge is 0.456 e. The van der Waals surface area contributed by atoms with Crippen molar-refractivity contribution in [2.24, 2.45) is 5.92 Å². The van der Waals surface area contributed by atoms with Crippen LogP contribution in [0, 0.1) is 5.92 Å². The van der Waals surface area contributed by atoms with Crippen molar-refractivity contribution in [1.29, 1.82) is 0 Å². The number of furan rings is 1. The van der Waals surface area contributed by atoms with E-state index in [2.05, 4.69) is 4.98 Å². The Morgan fingerprint density at radius 1 is 0.781 bits per heavy atom. The summed E-state index contributed by atoms with van der Waals surface area (Å²) in [5.74, 6) is 0.0549. The van der Waals surface area contributed by atoms with Crippen LogP contribution in [0.5, 0.6) is 0 Å². The summed E-state index contributed by atoms with van der Waals surface area (Å²) in [7, 11) is 0. The van der Waals surface area contributed by atoms with E-state index in [1.807, 2.05) is 54.6 Å². The summed E-state index contributed by atoms with van der Waals surface area (Å²) in [5.41, 5.74) is 4.84. The first-order valence-electron chi connectivity index (χ1n) is 13.3. The zero-order chi connectivity index (χ0) is 24.9. The molecular weight excluding hydrogens is 390 g/mol. The van der Waals surface area contributed by atoms with E-state index in [9.17, 15) is 0 Å². The second kappa shape index (κ2) is 8.27. The number of pyridine rings is 1. The topological polar surface area (TPSA) is 26.0 Å². The quantitative estimate of drug-likeness (QED) is 0.287. The monoisotopic (exact) mass is 421 g/mol. The highest BCUT2D eigenvalue weighted by atomic mass is 16.3. The van der Waals surface area contributed by atoms with Crippen LogP contribution in [0.25, 0.3) is 33.2 Å². The number of hydrogen-bond acceptors (Lipinski definition) is 2. The van der Waals surface area contributed by atoms with Gasteiger partial charge in [0.15, 0.2) is 0 Å². The van der Waals surface area contributed by atoms with Crippen molar-refractivity contribution in [3.63, 3.8) is 0 Å². The molecule has 1 aliphatic rings. The van der Waals surface area contributed by atoms with Crippen LogP contribution in [0.2, 0.25) is 0 Å². The lowest BCUT2D eigenvalue weighted by molar-refractivity contribution is 0.546. The molecule has 0 bridgehead atoms. The Morgan fingerprint density at radius 3 is 2.53 bits per heavy atom. The van der Waals surface area contributed by atoms with E-state index in [1.165, 1.54) is 0 Å². The first-order chi connectivity index (χ1) is 17.3. The summed E-state index contributed by atoms with van der Waals surface area (Å²) in [6.45, 7) is 0. The van der Waals surface area contributed by atoms with E-state index in [1.54, 1.807) is 30.5 Å². The molecule has 0 unspecified atom stereocenters. The molecule has 0 aliphatic heterocycles. The summed E-state index contributed by atoms with van der Waals surface area (Å²) in [4.78, 5) is 4.55. The molecule has 2 nitrogen and oxygen atoms in total. The first kappa shape index (κ1) is 15.4. The average Bonchev–Trinajstić information content (AvgIpc) is 3.57. The van der Waals surface area contributed by atoms with E-state index in [-0.39, 0.29) is 5.92 Å². The third-order valence-corrected chi connectivity index (χ3v) is 6.32. The van der Waals surface area contributed by atoms with E-state index >= 15 is 0 Å². The smallest absolute Gasteiger partial charge is 0.135 e. The molecule has 1 saturated carbocycles. The van der Waals surface area contributed by atoms with Crippen LogP contribution in [0.3, 0.4) is 0 Å². The van der Waals surface area contributed by atoms with Crippen LogP contribution in [0.4, 0.5) is 0 Å². The van der Waals surface area contributed by atoms with Crippen molar-refractivity contribution in [3.8, 4) is 11.3 Å². The fourth-order valence-corrected chi connectivity index (χ4v) is 4.69. The Morgan fingerprint density at radius 2 is 1.66 bits per heavy atom. The van der Waals surface area contributed by atoms with Gasteiger partial charge in [0.2, 0.25) is 0 Å². The van der Waals surface area contributed by atoms with E-state index in [0.29, 0.717) is 22.3 Å². The van der Waals surface area contributed by atoms with Crippen LogP contribution in [0.1, 0.15) is 47.9 Å². The molecule has 1 aliphatic carbocycles. The molecule has 32 heavy (non-hydrogen) atoms. The number of rotatable bonds is 5. The van der Waals surface area contributed by atoms with Gasteiger partial charge < -0.3 is 4.42 Å². The molecule has 2 aromatic heterocycles. The molecule has 0 saturated heterocycles. The standard InChI is InChI=1S/C30H27NO/c1-2-6-21(7-3-1)16-23-10-12-26-27-20-25(11-13-29(27)32-30(26)19-23)28-18-24(14-15-31-28)17-22-8-4-5-9-22/h1-3,6-7,10-15,18-20,22H,4-5,8-9,16-17H2/i16D2,17D2. The maximum Gasteiger partial charge on any atom is 0.135 e. The number of fused-ring (bicyclic) bond motifs is 3. The van der Waals surface area contributed by atoms with Gasteiger partial charge in [-0.15, -0.1) is 0 Å². The van der Waals surface area contributed by atoms with Crippen molar-refractivity contribution >= 4 is 21.9 Å². The lowest BCUT2D eigenvalue weighted by Crippen LogP contribution is -1.99. The first-order valence-corrected chi connectivity index (χ1v) is 11.3. The molecule has 0 atom stereocenters. The van der Waals surface area contributed by atoms with Gasteiger partial charge in [0, 0.05) is 28.0 Å². The van der Waals surface area contributed by atoms with E-state index in [4.69, 9.17) is 9.90 Å². The van der Waals surface area contributed by atoms with Crippen LogP contribution in [-0.4, -0.2) is 4.98 Å². The van der Waals surface area contributed by atoms with Crippen molar-refractivity contribution in [2.45, 2.75) is 38.4 Å². The summed E-state index contributed by atoms with van der Waals surface area (Å²) in [6.07, 6.45) is 2.76. The van der Waals surface area contributed by atoms with Gasteiger partial charge in [0.25, 0.3) is 0 Å². The molecule has 0 amide bonds. The SMILES string of the molecule is [2H]C([2H])(c1ccccc1)c1ccc2c(c1)oc1ccc(-c3cc(C([2H])([2H])C4CCCC4)ccn3)cc12. The molecule has 1 fully saturated rings. The normalized spacial score (nSPS) is 17.2. The second-order valence-corrected chi connectivity index (χ2v) is 8.57. The Labute approximate surface area is 194 Å². The fourth-order valence-electron chi connectivity index (χ4n) is 4.69. The maximum absolute atomic E-state index is 8.76. The van der Waals surface area contributed by atoms with Gasteiger partial charge in [-0.2, -0.15) is 0 Å². The Hall–Kier alpha value is -3.39. The maximum atomic E-state index is 8.76. The number of hydrogen-bond donors (Lipinski definition) is 0. The predicted molar refractivity (Wildman–Crippen MR) is 132 cm³/mol. The highest BCUT2D eigenvalue weighted by Gasteiger charge is 2.16. The molecule has 3 aromatic carbocycles. The number of nitrogens with zero attached hydrogens (tertiary/aromatic N) is 1. The minimum Gasteiger partial charge on any atom is -0.456 e. The molecule has 6 rings (SSSR count). The molecule has 2 heterocycles. The molecular formula is C30H27NO. The lowest BCUT2D eigenvalue weighted by atomic mass is 9.97. The van der Waals surface area contributed by atoms with Gasteiger partial charge in [-0.05, 0) is 71.8 Å². The van der Waals surface area contributed by atoms with Gasteiger partial charge in [0.05, 0.1) is 5.69 Å². The molecule has 158 valence electrons. The van der Waals surface area contributed by atoms with E-state index < -0.39 is 12.7 Å². The van der Waals surface area contributed by atoms with Gasteiger partial charge in [0.1, 0.15) is 11.2 Å². The zero-order valence-electron chi connectivity index (χ0n) is 21.8. The summed E-state index contributed by atoms with van der Waals surface area (Å²) in [6, 6.07) is 24.3. The van der Waals surface area contributed by atoms with E-state index in [0.717, 1.165) is 53.3 Å². The molecule has 0 N–H and O–H groups in total. The Bertz CT molecular complexity index is 1550. The third kappa shape index (κ3) is 3.82. The summed E-state index contributed by atoms with van der Waals surface area (Å²) < 4.78 is 41.0. The van der Waals surface area contributed by atoms with Crippen LogP contribution < -0.4 is 0 Å². The minimum absolute atomic E-state index is 0.0549. The summed E-state index contributed by atoms with van der Waals surface area (Å²) in [5, 5.41) is 1.84. The van der Waals surface area contributed by atoms with Crippen LogP contribution in [0.15, 0.2) is 89.5 Å². The molecule has 0 spiro atoms. The second-order valence-electron chi connectivity index (χ2n) is 8.57. The van der Waals surface area contributed by atoms with Gasteiger partial charge in [-0.3, -0.25) is 4.98 Å². The Balaban J connectivity index is 1.39. The van der Waals surface area contributed by atoms with Crippen molar-refractivity contribution in [1.82, 2.24) is 4.98 Å². The average molecular weight is 422 g/mol. The van der Waals surface area contributed by atoms with Gasteiger partial charge >= 0.3 is 0 Å². The van der Waals surface area contributed by atoms with Crippen molar-refractivity contribution in [3.05, 3.63) is 102 Å². The number of benzene rings is 3. The van der Waals surface area contributed by atoms with Gasteiger partial charge in [-0.25, -0.2) is 0 Å². The molecule has 5 aromatic rings. The predicted octanol–water partition coefficient (Wildman–Crippen LogP) is 7.97. The highest BCUT2D eigenvalue weighted by molar-refractivity contribution is 6.06. The summed E-state index contributed by atoms with van der Waals surface area (Å²) >= 11 is 0. The highest BCUT2D eigenvalue weighted by Crippen LogP contribution is 2.34. The Kier molecular flexibility index (Phi) is 3.99. The molecule has 2 heteroatoms. The zero-order valence-corrected chi connectivity index (χ0v) is 17.8. The number of aromatic nitrogens is 1. The fraction of sp³-hybridized carbons (Fsp3) is 0.233.